The van der Waals surface area contributed by atoms with Crippen LogP contribution in [0.4, 0.5) is 0 Å². The van der Waals surface area contributed by atoms with Crippen LogP contribution in [0, 0.1) is 0 Å². The Kier molecular flexibility index (Phi) is 6.45. The predicted octanol–water partition coefficient (Wildman–Crippen LogP) is 2.29. The summed E-state index contributed by atoms with van der Waals surface area (Å²) in [7, 11) is 0. The molecule has 5 nitrogen and oxygen atoms in total. The van der Waals surface area contributed by atoms with Gasteiger partial charge in [-0.1, -0.05) is 43.3 Å². The van der Waals surface area contributed by atoms with Crippen molar-refractivity contribution in [2.45, 2.75) is 38.6 Å². The highest BCUT2D eigenvalue weighted by atomic mass is 16.2. The molecular formula is C21H29N3O2. The van der Waals surface area contributed by atoms with Crippen molar-refractivity contribution < 1.29 is 9.59 Å². The molecule has 2 saturated heterocycles. The van der Waals surface area contributed by atoms with Crippen molar-refractivity contribution in [1.29, 1.82) is 0 Å². The van der Waals surface area contributed by atoms with Gasteiger partial charge in [-0.15, -0.1) is 0 Å². The summed E-state index contributed by atoms with van der Waals surface area (Å²) in [4.78, 5) is 28.4. The van der Waals surface area contributed by atoms with Crippen LogP contribution in [0.3, 0.4) is 0 Å². The SMILES string of the molecule is CC/C=C(/CN1CCCN(C(=O)C2CCC(=O)N2)CC1)c1ccccc1. The summed E-state index contributed by atoms with van der Waals surface area (Å²) in [5.41, 5.74) is 2.64. The third-order valence-corrected chi connectivity index (χ3v) is 5.18. The fraction of sp³-hybridized carbons (Fsp3) is 0.524. The molecule has 2 fully saturated rings. The molecule has 1 aromatic carbocycles. The van der Waals surface area contributed by atoms with Crippen molar-refractivity contribution in [3.63, 3.8) is 0 Å². The maximum Gasteiger partial charge on any atom is 0.245 e. The number of benzene rings is 1. The van der Waals surface area contributed by atoms with Crippen molar-refractivity contribution in [1.82, 2.24) is 15.1 Å². The van der Waals surface area contributed by atoms with Gasteiger partial charge in [-0.3, -0.25) is 14.5 Å². The average Bonchev–Trinajstić information content (AvgIpc) is 2.96. The summed E-state index contributed by atoms with van der Waals surface area (Å²) in [6.45, 7) is 6.47. The molecule has 140 valence electrons. The Balaban J connectivity index is 1.58. The topological polar surface area (TPSA) is 52.7 Å². The van der Waals surface area contributed by atoms with Crippen molar-refractivity contribution in [2.75, 3.05) is 32.7 Å². The number of nitrogens with zero attached hydrogens (tertiary/aromatic N) is 2. The Morgan fingerprint density at radius 3 is 2.69 bits per heavy atom. The number of hydrogen-bond acceptors (Lipinski definition) is 3. The Morgan fingerprint density at radius 1 is 1.19 bits per heavy atom. The number of carbonyl (C=O) groups is 2. The quantitative estimate of drug-likeness (QED) is 0.882. The van der Waals surface area contributed by atoms with E-state index in [4.69, 9.17) is 0 Å². The van der Waals surface area contributed by atoms with Crippen molar-refractivity contribution in [3.8, 4) is 0 Å². The number of carbonyl (C=O) groups excluding carboxylic acids is 2. The minimum Gasteiger partial charge on any atom is -0.344 e. The molecular weight excluding hydrogens is 326 g/mol. The Hall–Kier alpha value is -2.14. The summed E-state index contributed by atoms with van der Waals surface area (Å²) >= 11 is 0. The molecule has 1 aromatic rings. The second kappa shape index (κ2) is 8.99. The molecule has 3 rings (SSSR count). The molecule has 5 heteroatoms. The van der Waals surface area contributed by atoms with Gasteiger partial charge in [0.2, 0.25) is 11.8 Å². The lowest BCUT2D eigenvalue weighted by molar-refractivity contribution is -0.134. The molecule has 2 aliphatic rings. The van der Waals surface area contributed by atoms with Crippen LogP contribution < -0.4 is 5.32 Å². The predicted molar refractivity (Wildman–Crippen MR) is 104 cm³/mol. The lowest BCUT2D eigenvalue weighted by Crippen LogP contribution is -2.45. The van der Waals surface area contributed by atoms with Gasteiger partial charge >= 0.3 is 0 Å². The van der Waals surface area contributed by atoms with E-state index in [2.05, 4.69) is 47.5 Å². The van der Waals surface area contributed by atoms with Gasteiger partial charge in [0.25, 0.3) is 0 Å². The standard InChI is InChI=1S/C21H29N3O2/c1-2-7-18(17-8-4-3-5-9-17)16-23-12-6-13-24(15-14-23)21(26)19-10-11-20(25)22-19/h3-5,7-9,19H,2,6,10-16H2,1H3,(H,22,25)/b18-7-. The van der Waals surface area contributed by atoms with E-state index in [9.17, 15) is 9.59 Å². The molecule has 0 radical (unpaired) electrons. The summed E-state index contributed by atoms with van der Waals surface area (Å²) < 4.78 is 0. The molecule has 1 N–H and O–H groups in total. The molecule has 0 saturated carbocycles. The first-order valence-corrected chi connectivity index (χ1v) is 9.72. The molecule has 1 unspecified atom stereocenters. The van der Waals surface area contributed by atoms with Crippen molar-refractivity contribution >= 4 is 17.4 Å². The van der Waals surface area contributed by atoms with E-state index < -0.39 is 0 Å². The van der Waals surface area contributed by atoms with E-state index in [1.165, 1.54) is 11.1 Å². The molecule has 26 heavy (non-hydrogen) atoms. The van der Waals surface area contributed by atoms with Crippen LogP contribution in [-0.4, -0.2) is 60.4 Å². The zero-order valence-electron chi connectivity index (χ0n) is 15.6. The molecule has 2 heterocycles. The number of hydrogen-bond donors (Lipinski definition) is 1. The van der Waals surface area contributed by atoms with Crippen LogP contribution in [0.1, 0.15) is 38.2 Å². The minimum atomic E-state index is -0.311. The molecule has 0 bridgehead atoms. The van der Waals surface area contributed by atoms with E-state index >= 15 is 0 Å². The largest absolute Gasteiger partial charge is 0.344 e. The van der Waals surface area contributed by atoms with E-state index in [1.54, 1.807) is 0 Å². The number of amides is 2. The zero-order chi connectivity index (χ0) is 18.4. The van der Waals surface area contributed by atoms with Crippen LogP contribution in [0.2, 0.25) is 0 Å². The summed E-state index contributed by atoms with van der Waals surface area (Å²) in [5.74, 6) is 0.0853. The molecule has 0 aromatic heterocycles. The van der Waals surface area contributed by atoms with Crippen LogP contribution in [0.15, 0.2) is 36.4 Å². The van der Waals surface area contributed by atoms with Crippen LogP contribution in [0.5, 0.6) is 0 Å². The fourth-order valence-corrected chi connectivity index (χ4v) is 3.78. The Morgan fingerprint density at radius 2 is 2.00 bits per heavy atom. The van der Waals surface area contributed by atoms with Gasteiger partial charge in [0, 0.05) is 39.1 Å². The second-order valence-electron chi connectivity index (χ2n) is 7.12. The van der Waals surface area contributed by atoms with Crippen molar-refractivity contribution in [2.24, 2.45) is 0 Å². The minimum absolute atomic E-state index is 0.00277. The first kappa shape index (κ1) is 18.6. The van der Waals surface area contributed by atoms with Gasteiger partial charge < -0.3 is 10.2 Å². The first-order valence-electron chi connectivity index (χ1n) is 9.72. The molecule has 2 aliphatic heterocycles. The van der Waals surface area contributed by atoms with Gasteiger partial charge in [-0.25, -0.2) is 0 Å². The molecule has 0 spiro atoms. The lowest BCUT2D eigenvalue weighted by atomic mass is 10.0. The maximum atomic E-state index is 12.6. The Labute approximate surface area is 156 Å². The van der Waals surface area contributed by atoms with E-state index in [1.807, 2.05) is 11.0 Å². The highest BCUT2D eigenvalue weighted by molar-refractivity contribution is 5.90. The van der Waals surface area contributed by atoms with Gasteiger partial charge in [0.05, 0.1) is 0 Å². The van der Waals surface area contributed by atoms with E-state index in [0.29, 0.717) is 12.8 Å². The van der Waals surface area contributed by atoms with Crippen molar-refractivity contribution in [3.05, 3.63) is 42.0 Å². The monoisotopic (exact) mass is 355 g/mol. The first-order chi connectivity index (χ1) is 12.7. The highest BCUT2D eigenvalue weighted by Gasteiger charge is 2.31. The zero-order valence-corrected chi connectivity index (χ0v) is 15.6. The Bertz CT molecular complexity index is 656. The second-order valence-corrected chi connectivity index (χ2v) is 7.12. The van der Waals surface area contributed by atoms with Gasteiger partial charge in [-0.2, -0.15) is 0 Å². The molecule has 1 atom stereocenters. The average molecular weight is 355 g/mol. The molecule has 2 amide bonds. The summed E-state index contributed by atoms with van der Waals surface area (Å²) in [5, 5.41) is 2.80. The number of nitrogens with one attached hydrogen (secondary N) is 1. The smallest absolute Gasteiger partial charge is 0.245 e. The van der Waals surface area contributed by atoms with Gasteiger partial charge in [0.15, 0.2) is 0 Å². The molecule has 0 aliphatic carbocycles. The third kappa shape index (κ3) is 4.73. The lowest BCUT2D eigenvalue weighted by Gasteiger charge is -2.25. The van der Waals surface area contributed by atoms with E-state index in [0.717, 1.165) is 45.6 Å². The van der Waals surface area contributed by atoms with Crippen LogP contribution in [0.25, 0.3) is 5.57 Å². The number of rotatable bonds is 5. The fourth-order valence-electron chi connectivity index (χ4n) is 3.78. The third-order valence-electron chi connectivity index (χ3n) is 5.18. The maximum absolute atomic E-state index is 12.6. The highest BCUT2D eigenvalue weighted by Crippen LogP contribution is 2.18. The summed E-state index contributed by atoms with van der Waals surface area (Å²) in [6, 6.07) is 10.2. The van der Waals surface area contributed by atoms with Crippen LogP contribution in [-0.2, 0) is 9.59 Å². The normalized spacial score (nSPS) is 22.2. The van der Waals surface area contributed by atoms with Gasteiger partial charge in [-0.05, 0) is 30.4 Å². The van der Waals surface area contributed by atoms with E-state index in [-0.39, 0.29) is 17.9 Å². The summed E-state index contributed by atoms with van der Waals surface area (Å²) in [6.07, 6.45) is 5.40. The number of allylic oxidation sites excluding steroid dienone is 1. The van der Waals surface area contributed by atoms with Gasteiger partial charge in [0.1, 0.15) is 6.04 Å². The van der Waals surface area contributed by atoms with Crippen LogP contribution >= 0.6 is 0 Å².